The fourth-order valence-corrected chi connectivity index (χ4v) is 1.61. The maximum atomic E-state index is 4.05. The van der Waals surface area contributed by atoms with Crippen LogP contribution in [0.3, 0.4) is 0 Å². The van der Waals surface area contributed by atoms with Crippen molar-refractivity contribution in [1.29, 1.82) is 0 Å². The topological polar surface area (TPSA) is 28.7 Å². The maximum absolute atomic E-state index is 4.05. The Hall–Kier alpha value is -1.31. The third-order valence-corrected chi connectivity index (χ3v) is 2.36. The van der Waals surface area contributed by atoms with Gasteiger partial charge in [0.05, 0.1) is 11.7 Å². The summed E-state index contributed by atoms with van der Waals surface area (Å²) in [5.74, 6) is 0. The van der Waals surface area contributed by atoms with E-state index < -0.39 is 0 Å². The number of nitrogens with one attached hydrogen (secondary N) is 1. The third kappa shape index (κ3) is 1.57. The van der Waals surface area contributed by atoms with Crippen LogP contribution < -0.4 is 0 Å². The first-order valence-electron chi connectivity index (χ1n) is 4.83. The van der Waals surface area contributed by atoms with Gasteiger partial charge >= 0.3 is 0 Å². The van der Waals surface area contributed by atoms with Crippen LogP contribution in [0.15, 0.2) is 24.4 Å². The number of aromatic nitrogens is 2. The Bertz CT molecular complexity index is 390. The lowest BCUT2D eigenvalue weighted by Crippen LogP contribution is -1.86. The van der Waals surface area contributed by atoms with E-state index in [0.29, 0.717) is 0 Å². The summed E-state index contributed by atoms with van der Waals surface area (Å²) < 4.78 is 0. The molecule has 2 heteroatoms. The zero-order valence-corrected chi connectivity index (χ0v) is 7.88. The van der Waals surface area contributed by atoms with Gasteiger partial charge in [-0.05, 0) is 18.4 Å². The van der Waals surface area contributed by atoms with Crippen LogP contribution in [0.25, 0.3) is 10.9 Å². The SMILES string of the molecule is CCCCc1cccc2cn[nH]c12. The number of fused-ring (bicyclic) bond motifs is 1. The van der Waals surface area contributed by atoms with Gasteiger partial charge in [-0.1, -0.05) is 31.5 Å². The largest absolute Gasteiger partial charge is 0.278 e. The molecule has 1 aromatic carbocycles. The molecule has 68 valence electrons. The van der Waals surface area contributed by atoms with Gasteiger partial charge in [-0.2, -0.15) is 5.10 Å². The fourth-order valence-electron chi connectivity index (χ4n) is 1.61. The second-order valence-corrected chi connectivity index (χ2v) is 3.35. The van der Waals surface area contributed by atoms with Gasteiger partial charge in [0.1, 0.15) is 0 Å². The van der Waals surface area contributed by atoms with E-state index >= 15 is 0 Å². The molecule has 1 aromatic heterocycles. The highest BCUT2D eigenvalue weighted by molar-refractivity contribution is 5.81. The summed E-state index contributed by atoms with van der Waals surface area (Å²) in [4.78, 5) is 0. The van der Waals surface area contributed by atoms with E-state index in [1.807, 2.05) is 6.20 Å². The predicted octanol–water partition coefficient (Wildman–Crippen LogP) is 2.91. The monoisotopic (exact) mass is 174 g/mol. The summed E-state index contributed by atoms with van der Waals surface area (Å²) in [6, 6.07) is 6.37. The highest BCUT2D eigenvalue weighted by Crippen LogP contribution is 2.17. The summed E-state index contributed by atoms with van der Waals surface area (Å²) >= 11 is 0. The van der Waals surface area contributed by atoms with Gasteiger partial charge in [-0.3, -0.25) is 5.10 Å². The number of H-pyrrole nitrogens is 1. The summed E-state index contributed by atoms with van der Waals surface area (Å²) in [6.07, 6.45) is 5.52. The summed E-state index contributed by atoms with van der Waals surface area (Å²) in [6.45, 7) is 2.22. The Morgan fingerprint density at radius 2 is 2.31 bits per heavy atom. The number of aromatic amines is 1. The number of benzene rings is 1. The van der Waals surface area contributed by atoms with Crippen molar-refractivity contribution in [2.24, 2.45) is 0 Å². The Kier molecular flexibility index (Phi) is 2.30. The Balaban J connectivity index is 2.37. The molecule has 0 unspecified atom stereocenters. The lowest BCUT2D eigenvalue weighted by Gasteiger charge is -2.00. The number of unbranched alkanes of at least 4 members (excludes halogenated alkanes) is 1. The summed E-state index contributed by atoms with van der Waals surface area (Å²) in [5, 5.41) is 8.31. The molecule has 0 saturated carbocycles. The second-order valence-electron chi connectivity index (χ2n) is 3.35. The average Bonchev–Trinajstić information content (AvgIpc) is 2.62. The number of aryl methyl sites for hydroxylation is 1. The number of nitrogens with zero attached hydrogens (tertiary/aromatic N) is 1. The van der Waals surface area contributed by atoms with Crippen LogP contribution in [0.4, 0.5) is 0 Å². The van der Waals surface area contributed by atoms with E-state index in [2.05, 4.69) is 35.3 Å². The van der Waals surface area contributed by atoms with Crippen LogP contribution in [0.1, 0.15) is 25.3 Å². The van der Waals surface area contributed by atoms with Gasteiger partial charge in [-0.15, -0.1) is 0 Å². The van der Waals surface area contributed by atoms with Crippen molar-refractivity contribution in [3.05, 3.63) is 30.0 Å². The van der Waals surface area contributed by atoms with Crippen molar-refractivity contribution in [1.82, 2.24) is 10.2 Å². The summed E-state index contributed by atoms with van der Waals surface area (Å²) in [7, 11) is 0. The van der Waals surface area contributed by atoms with Crippen LogP contribution in [0, 0.1) is 0 Å². The van der Waals surface area contributed by atoms with E-state index in [1.165, 1.54) is 29.3 Å². The predicted molar refractivity (Wildman–Crippen MR) is 54.7 cm³/mol. The van der Waals surface area contributed by atoms with Gasteiger partial charge in [0.2, 0.25) is 0 Å². The molecule has 13 heavy (non-hydrogen) atoms. The molecule has 0 aliphatic heterocycles. The highest BCUT2D eigenvalue weighted by Gasteiger charge is 2.00. The maximum Gasteiger partial charge on any atom is 0.0682 e. The van der Waals surface area contributed by atoms with Gasteiger partial charge in [0, 0.05) is 5.39 Å². The minimum atomic E-state index is 1.15. The molecule has 2 aromatic rings. The van der Waals surface area contributed by atoms with Gasteiger partial charge in [-0.25, -0.2) is 0 Å². The molecule has 0 atom stereocenters. The molecule has 0 aliphatic carbocycles. The minimum absolute atomic E-state index is 1.15. The molecule has 0 saturated heterocycles. The lowest BCUT2D eigenvalue weighted by atomic mass is 10.1. The molecule has 2 rings (SSSR count). The van der Waals surface area contributed by atoms with E-state index in [9.17, 15) is 0 Å². The van der Waals surface area contributed by atoms with E-state index in [4.69, 9.17) is 0 Å². The van der Waals surface area contributed by atoms with Crippen molar-refractivity contribution in [2.45, 2.75) is 26.2 Å². The van der Waals surface area contributed by atoms with Crippen LogP contribution in [0.2, 0.25) is 0 Å². The standard InChI is InChI=1S/C11H14N2/c1-2-3-5-9-6-4-7-10-8-12-13-11(9)10/h4,6-8H,2-3,5H2,1H3,(H,12,13). The summed E-state index contributed by atoms with van der Waals surface area (Å²) in [5.41, 5.74) is 2.59. The fraction of sp³-hybridized carbons (Fsp3) is 0.364. The van der Waals surface area contributed by atoms with E-state index in [-0.39, 0.29) is 0 Å². The van der Waals surface area contributed by atoms with Crippen LogP contribution >= 0.6 is 0 Å². The molecular formula is C11H14N2. The number of hydrogen-bond donors (Lipinski definition) is 1. The molecule has 0 spiro atoms. The molecule has 0 aliphatic rings. The van der Waals surface area contributed by atoms with Crippen LogP contribution in [-0.2, 0) is 6.42 Å². The zero-order chi connectivity index (χ0) is 9.10. The normalized spacial score (nSPS) is 10.8. The Labute approximate surface area is 78.0 Å². The third-order valence-electron chi connectivity index (χ3n) is 2.36. The van der Waals surface area contributed by atoms with Crippen LogP contribution in [-0.4, -0.2) is 10.2 Å². The smallest absolute Gasteiger partial charge is 0.0682 e. The van der Waals surface area contributed by atoms with Crippen molar-refractivity contribution in [3.63, 3.8) is 0 Å². The molecule has 1 N–H and O–H groups in total. The first-order valence-corrected chi connectivity index (χ1v) is 4.83. The van der Waals surface area contributed by atoms with Gasteiger partial charge in [0.25, 0.3) is 0 Å². The first-order chi connectivity index (χ1) is 6.42. The molecular weight excluding hydrogens is 160 g/mol. The van der Waals surface area contributed by atoms with E-state index in [1.54, 1.807) is 0 Å². The number of rotatable bonds is 3. The van der Waals surface area contributed by atoms with Gasteiger partial charge < -0.3 is 0 Å². The molecule has 0 amide bonds. The lowest BCUT2D eigenvalue weighted by molar-refractivity contribution is 0.797. The van der Waals surface area contributed by atoms with Gasteiger partial charge in [0.15, 0.2) is 0 Å². The van der Waals surface area contributed by atoms with Crippen molar-refractivity contribution in [2.75, 3.05) is 0 Å². The Morgan fingerprint density at radius 1 is 1.38 bits per heavy atom. The molecule has 0 bridgehead atoms. The molecule has 0 fully saturated rings. The van der Waals surface area contributed by atoms with Crippen LogP contribution in [0.5, 0.6) is 0 Å². The molecule has 0 radical (unpaired) electrons. The van der Waals surface area contributed by atoms with Crippen molar-refractivity contribution < 1.29 is 0 Å². The van der Waals surface area contributed by atoms with Crippen molar-refractivity contribution >= 4 is 10.9 Å². The molecule has 2 nitrogen and oxygen atoms in total. The Morgan fingerprint density at radius 3 is 3.15 bits per heavy atom. The minimum Gasteiger partial charge on any atom is -0.278 e. The van der Waals surface area contributed by atoms with E-state index in [0.717, 1.165) is 6.42 Å². The highest BCUT2D eigenvalue weighted by atomic mass is 15.1. The first kappa shape index (κ1) is 8.30. The van der Waals surface area contributed by atoms with Crippen molar-refractivity contribution in [3.8, 4) is 0 Å². The quantitative estimate of drug-likeness (QED) is 0.761. The molecule has 1 heterocycles. The average molecular weight is 174 g/mol. The zero-order valence-electron chi connectivity index (χ0n) is 7.88. The second kappa shape index (κ2) is 3.60. The number of para-hydroxylation sites is 1. The number of hydrogen-bond acceptors (Lipinski definition) is 1.